The lowest BCUT2D eigenvalue weighted by molar-refractivity contribution is 0.245. The monoisotopic (exact) mass is 503 g/mol. The van der Waals surface area contributed by atoms with Gasteiger partial charge >= 0.3 is 0 Å². The van der Waals surface area contributed by atoms with E-state index >= 15 is 0 Å². The minimum absolute atomic E-state index is 0.0464. The molecule has 0 saturated heterocycles. The SMILES string of the molecule is CC(C)(C)[Si](C)(C)OCC(c1cc(F)cc(Br)c1)n1ccc(Br)cc1=O. The van der Waals surface area contributed by atoms with Crippen LogP contribution in [0.1, 0.15) is 32.4 Å². The highest BCUT2D eigenvalue weighted by atomic mass is 79.9. The summed E-state index contributed by atoms with van der Waals surface area (Å²) in [6.07, 6.45) is 1.71. The van der Waals surface area contributed by atoms with Crippen molar-refractivity contribution in [3.05, 3.63) is 67.2 Å². The number of nitrogens with zero attached hydrogens (tertiary/aromatic N) is 1. The maximum Gasteiger partial charge on any atom is 0.252 e. The number of hydrogen-bond acceptors (Lipinski definition) is 2. The first-order valence-corrected chi connectivity index (χ1v) is 12.9. The van der Waals surface area contributed by atoms with Gasteiger partial charge in [0, 0.05) is 21.2 Å². The lowest BCUT2D eigenvalue weighted by atomic mass is 10.1. The predicted molar refractivity (Wildman–Crippen MR) is 114 cm³/mol. The van der Waals surface area contributed by atoms with Gasteiger partial charge in [-0.3, -0.25) is 4.79 Å². The molecule has 1 heterocycles. The van der Waals surface area contributed by atoms with Gasteiger partial charge in [-0.1, -0.05) is 52.6 Å². The molecule has 0 N–H and O–H groups in total. The van der Waals surface area contributed by atoms with E-state index in [1.54, 1.807) is 16.8 Å². The molecule has 0 bridgehead atoms. The molecule has 0 aliphatic carbocycles. The second-order valence-electron chi connectivity index (χ2n) is 7.88. The van der Waals surface area contributed by atoms with Crippen molar-refractivity contribution in [2.75, 3.05) is 6.61 Å². The van der Waals surface area contributed by atoms with Gasteiger partial charge in [0.1, 0.15) is 5.82 Å². The van der Waals surface area contributed by atoms with E-state index in [9.17, 15) is 9.18 Å². The van der Waals surface area contributed by atoms with Crippen molar-refractivity contribution in [2.45, 2.75) is 44.9 Å². The summed E-state index contributed by atoms with van der Waals surface area (Å²) in [6.45, 7) is 11.1. The predicted octanol–water partition coefficient (Wildman–Crippen LogP) is 6.12. The second-order valence-corrected chi connectivity index (χ2v) is 14.5. The number of rotatable bonds is 5. The average Bonchev–Trinajstić information content (AvgIpc) is 2.47. The van der Waals surface area contributed by atoms with E-state index in [0.29, 0.717) is 21.1 Å². The average molecular weight is 505 g/mol. The number of aromatic nitrogens is 1. The van der Waals surface area contributed by atoms with Crippen molar-refractivity contribution >= 4 is 40.2 Å². The van der Waals surface area contributed by atoms with Crippen LogP contribution >= 0.6 is 31.9 Å². The largest absolute Gasteiger partial charge is 0.414 e. The molecule has 0 fully saturated rings. The van der Waals surface area contributed by atoms with Crippen LogP contribution in [0.4, 0.5) is 4.39 Å². The van der Waals surface area contributed by atoms with E-state index in [0.717, 1.165) is 0 Å². The van der Waals surface area contributed by atoms with Gasteiger partial charge in [-0.2, -0.15) is 0 Å². The molecule has 0 aliphatic rings. The molecule has 2 rings (SSSR count). The first-order chi connectivity index (χ1) is 11.9. The van der Waals surface area contributed by atoms with Crippen LogP contribution in [-0.4, -0.2) is 19.5 Å². The first-order valence-electron chi connectivity index (χ1n) is 8.38. The summed E-state index contributed by atoms with van der Waals surface area (Å²) in [4.78, 5) is 12.5. The quantitative estimate of drug-likeness (QED) is 0.459. The molecule has 1 unspecified atom stereocenters. The Morgan fingerprint density at radius 3 is 2.35 bits per heavy atom. The molecule has 1 atom stereocenters. The third-order valence-electron chi connectivity index (χ3n) is 4.92. The van der Waals surface area contributed by atoms with Crippen molar-refractivity contribution in [3.63, 3.8) is 0 Å². The zero-order valence-electron chi connectivity index (χ0n) is 15.6. The standard InChI is InChI=1S/C19H24Br2FNO2Si/c1-19(2,3)26(4,5)25-12-17(13-8-15(21)10-16(22)9-13)23-7-6-14(20)11-18(23)24/h6-11,17H,12H2,1-5H3. The molecule has 142 valence electrons. The lowest BCUT2D eigenvalue weighted by Gasteiger charge is -2.37. The Bertz CT molecular complexity index is 826. The van der Waals surface area contributed by atoms with Crippen LogP contribution in [0.15, 0.2) is 50.3 Å². The summed E-state index contributed by atoms with van der Waals surface area (Å²) < 4.78 is 23.3. The van der Waals surface area contributed by atoms with Gasteiger partial charge in [0.2, 0.25) is 0 Å². The van der Waals surface area contributed by atoms with Crippen molar-refractivity contribution in [1.82, 2.24) is 4.57 Å². The molecule has 3 nitrogen and oxygen atoms in total. The Kier molecular flexibility index (Phi) is 6.70. The van der Waals surface area contributed by atoms with Gasteiger partial charge in [0.05, 0.1) is 12.6 Å². The Balaban J connectivity index is 2.47. The van der Waals surface area contributed by atoms with Crippen LogP contribution < -0.4 is 5.56 Å². The smallest absolute Gasteiger partial charge is 0.252 e. The summed E-state index contributed by atoms with van der Waals surface area (Å²) in [7, 11) is -2.02. The Morgan fingerprint density at radius 2 is 1.81 bits per heavy atom. The van der Waals surface area contributed by atoms with Crippen LogP contribution in [0.3, 0.4) is 0 Å². The van der Waals surface area contributed by atoms with Crippen molar-refractivity contribution in [2.24, 2.45) is 0 Å². The summed E-state index contributed by atoms with van der Waals surface area (Å²) >= 11 is 6.66. The highest BCUT2D eigenvalue weighted by Gasteiger charge is 2.38. The van der Waals surface area contributed by atoms with Crippen LogP contribution in [0.25, 0.3) is 0 Å². The normalized spacial score (nSPS) is 13.7. The van der Waals surface area contributed by atoms with Crippen LogP contribution in [0.2, 0.25) is 18.1 Å². The molecule has 26 heavy (non-hydrogen) atoms. The fraction of sp³-hybridized carbons (Fsp3) is 0.421. The molecule has 0 saturated carbocycles. The summed E-state index contributed by atoms with van der Waals surface area (Å²) in [5, 5.41) is 0.0464. The third kappa shape index (κ3) is 5.15. The number of pyridine rings is 1. The van der Waals surface area contributed by atoms with E-state index in [2.05, 4.69) is 65.7 Å². The Hall–Kier alpha value is -0.763. The molecular weight excluding hydrogens is 481 g/mol. The lowest BCUT2D eigenvalue weighted by Crippen LogP contribution is -2.43. The van der Waals surface area contributed by atoms with Crippen LogP contribution in [-0.2, 0) is 4.43 Å². The highest BCUT2D eigenvalue weighted by Crippen LogP contribution is 2.37. The van der Waals surface area contributed by atoms with Crippen LogP contribution in [0, 0.1) is 5.82 Å². The van der Waals surface area contributed by atoms with Crippen LogP contribution in [0.5, 0.6) is 0 Å². The van der Waals surface area contributed by atoms with E-state index in [-0.39, 0.29) is 16.4 Å². The molecule has 0 aliphatic heterocycles. The summed E-state index contributed by atoms with van der Waals surface area (Å²) in [5.41, 5.74) is 0.531. The van der Waals surface area contributed by atoms with E-state index in [1.807, 2.05) is 6.07 Å². The molecule has 0 spiro atoms. The fourth-order valence-corrected chi connectivity index (χ4v) is 4.14. The van der Waals surface area contributed by atoms with Gasteiger partial charge in [0.25, 0.3) is 5.56 Å². The second kappa shape index (κ2) is 8.08. The van der Waals surface area contributed by atoms with E-state index in [1.165, 1.54) is 18.2 Å². The Morgan fingerprint density at radius 1 is 1.15 bits per heavy atom. The zero-order valence-corrected chi connectivity index (χ0v) is 19.8. The molecule has 7 heteroatoms. The van der Waals surface area contributed by atoms with Crippen molar-refractivity contribution < 1.29 is 8.82 Å². The third-order valence-corrected chi connectivity index (χ3v) is 10.4. The summed E-state index contributed by atoms with van der Waals surface area (Å²) in [6, 6.07) is 7.59. The fourth-order valence-electron chi connectivity index (χ4n) is 2.33. The van der Waals surface area contributed by atoms with Gasteiger partial charge < -0.3 is 8.99 Å². The summed E-state index contributed by atoms with van der Waals surface area (Å²) in [5.74, 6) is -0.350. The molecule has 1 aromatic carbocycles. The van der Waals surface area contributed by atoms with Crippen molar-refractivity contribution in [1.29, 1.82) is 0 Å². The van der Waals surface area contributed by atoms with E-state index in [4.69, 9.17) is 4.43 Å². The van der Waals surface area contributed by atoms with Gasteiger partial charge in [-0.15, -0.1) is 0 Å². The molecule has 0 radical (unpaired) electrons. The minimum atomic E-state index is -2.02. The van der Waals surface area contributed by atoms with Gasteiger partial charge in [0.15, 0.2) is 8.32 Å². The topological polar surface area (TPSA) is 31.2 Å². The number of benzene rings is 1. The van der Waals surface area contributed by atoms with E-state index < -0.39 is 14.4 Å². The highest BCUT2D eigenvalue weighted by molar-refractivity contribution is 9.10. The molecular formula is C19H24Br2FNO2Si. The number of halogens is 3. The van der Waals surface area contributed by atoms with Gasteiger partial charge in [-0.05, 0) is 48.0 Å². The molecule has 1 aromatic heterocycles. The first kappa shape index (κ1) is 21.5. The Labute approximate surface area is 172 Å². The maximum atomic E-state index is 14.0. The van der Waals surface area contributed by atoms with Gasteiger partial charge in [-0.25, -0.2) is 4.39 Å². The zero-order chi connectivity index (χ0) is 19.7. The van der Waals surface area contributed by atoms with Crippen molar-refractivity contribution in [3.8, 4) is 0 Å². The minimum Gasteiger partial charge on any atom is -0.414 e. The molecule has 0 amide bonds. The molecule has 2 aromatic rings. The maximum absolute atomic E-state index is 14.0. The number of hydrogen-bond donors (Lipinski definition) is 0.